The highest BCUT2D eigenvalue weighted by molar-refractivity contribution is 5.80. The van der Waals surface area contributed by atoms with Crippen molar-refractivity contribution in [1.82, 2.24) is 10.2 Å². The molecule has 0 aliphatic carbocycles. The largest absolute Gasteiger partial charge is 0.505 e. The summed E-state index contributed by atoms with van der Waals surface area (Å²) in [6.45, 7) is 0.951. The second kappa shape index (κ2) is 7.25. The first kappa shape index (κ1) is 16.8. The number of furan rings is 1. The molecule has 0 spiro atoms. The van der Waals surface area contributed by atoms with Gasteiger partial charge in [0.1, 0.15) is 11.3 Å². The molecule has 0 saturated heterocycles. The molecule has 0 radical (unpaired) electrons. The van der Waals surface area contributed by atoms with Crippen LogP contribution in [0.2, 0.25) is 0 Å². The van der Waals surface area contributed by atoms with Crippen LogP contribution in [0.15, 0.2) is 57.9 Å². The first-order valence-corrected chi connectivity index (χ1v) is 7.93. The van der Waals surface area contributed by atoms with Crippen molar-refractivity contribution in [2.45, 2.75) is 13.1 Å². The Balaban J connectivity index is 1.64. The van der Waals surface area contributed by atoms with Crippen LogP contribution in [-0.4, -0.2) is 30.1 Å². The van der Waals surface area contributed by atoms with E-state index in [1.807, 2.05) is 42.3 Å². The van der Waals surface area contributed by atoms with Crippen molar-refractivity contribution in [2.75, 3.05) is 14.1 Å². The van der Waals surface area contributed by atoms with Crippen LogP contribution in [0.5, 0.6) is 5.75 Å². The summed E-state index contributed by atoms with van der Waals surface area (Å²) in [4.78, 5) is 6.16. The van der Waals surface area contributed by atoms with Gasteiger partial charge >= 0.3 is 0 Å². The maximum Gasteiger partial charge on any atom is 0.194 e. The number of nitrogens with zero attached hydrogens (tertiary/aromatic N) is 2. The lowest BCUT2D eigenvalue weighted by atomic mass is 10.2. The molecule has 0 bridgehead atoms. The Morgan fingerprint density at radius 1 is 1.24 bits per heavy atom. The Morgan fingerprint density at radius 3 is 2.76 bits per heavy atom. The van der Waals surface area contributed by atoms with Crippen LogP contribution in [0.1, 0.15) is 11.3 Å². The summed E-state index contributed by atoms with van der Waals surface area (Å²) in [6.07, 6.45) is 0. The summed E-state index contributed by atoms with van der Waals surface area (Å²) in [7, 11) is 3.59. The summed E-state index contributed by atoms with van der Waals surface area (Å²) >= 11 is 0. The first-order valence-electron chi connectivity index (χ1n) is 7.93. The smallest absolute Gasteiger partial charge is 0.194 e. The molecule has 0 aliphatic rings. The van der Waals surface area contributed by atoms with Crippen LogP contribution in [0, 0.1) is 5.82 Å². The molecule has 3 rings (SSSR count). The van der Waals surface area contributed by atoms with Gasteiger partial charge in [-0.3, -0.25) is 4.99 Å². The molecule has 0 unspecified atom stereocenters. The van der Waals surface area contributed by atoms with E-state index in [0.29, 0.717) is 24.6 Å². The minimum Gasteiger partial charge on any atom is -0.505 e. The topological polar surface area (TPSA) is 61.0 Å². The van der Waals surface area contributed by atoms with Crippen molar-refractivity contribution in [1.29, 1.82) is 0 Å². The third kappa shape index (κ3) is 3.91. The summed E-state index contributed by atoms with van der Waals surface area (Å²) in [6, 6.07) is 14.2. The van der Waals surface area contributed by atoms with E-state index in [1.54, 1.807) is 13.1 Å². The quantitative estimate of drug-likeness (QED) is 0.563. The van der Waals surface area contributed by atoms with Crippen molar-refractivity contribution in [3.05, 3.63) is 65.7 Å². The van der Waals surface area contributed by atoms with E-state index < -0.39 is 5.82 Å². The number of halogens is 1. The maximum atomic E-state index is 13.4. The van der Waals surface area contributed by atoms with Crippen LogP contribution in [0.25, 0.3) is 11.0 Å². The predicted octanol–water partition coefficient (Wildman–Crippen LogP) is 3.48. The van der Waals surface area contributed by atoms with E-state index in [4.69, 9.17) is 4.42 Å². The van der Waals surface area contributed by atoms with Crippen molar-refractivity contribution in [3.63, 3.8) is 0 Å². The van der Waals surface area contributed by atoms with Gasteiger partial charge in [-0.25, -0.2) is 4.39 Å². The molecule has 0 aliphatic heterocycles. The maximum absolute atomic E-state index is 13.4. The molecule has 0 fully saturated rings. The van der Waals surface area contributed by atoms with Crippen LogP contribution in [-0.2, 0) is 13.1 Å². The molecule has 5 nitrogen and oxygen atoms in total. The highest BCUT2D eigenvalue weighted by atomic mass is 19.1. The van der Waals surface area contributed by atoms with Gasteiger partial charge in [-0.15, -0.1) is 0 Å². The molecule has 1 heterocycles. The molecule has 0 atom stereocenters. The van der Waals surface area contributed by atoms with Gasteiger partial charge in [0.2, 0.25) is 0 Å². The second-order valence-electron chi connectivity index (χ2n) is 5.79. The summed E-state index contributed by atoms with van der Waals surface area (Å²) in [5.41, 5.74) is 1.57. The molecular weight excluding hydrogens is 321 g/mol. The number of hydrogen-bond donors (Lipinski definition) is 2. The summed E-state index contributed by atoms with van der Waals surface area (Å²) in [5.74, 6) is 0.510. The molecule has 0 saturated carbocycles. The van der Waals surface area contributed by atoms with Crippen LogP contribution in [0.4, 0.5) is 4.39 Å². The molecular formula is C19H20FN3O2. The van der Waals surface area contributed by atoms with Gasteiger partial charge < -0.3 is 19.7 Å². The molecule has 1 aromatic heterocycles. The molecule has 25 heavy (non-hydrogen) atoms. The Hall–Kier alpha value is -3.02. The lowest BCUT2D eigenvalue weighted by molar-refractivity contribution is 0.412. The number of para-hydroxylation sites is 1. The van der Waals surface area contributed by atoms with E-state index in [0.717, 1.165) is 16.7 Å². The zero-order valence-corrected chi connectivity index (χ0v) is 14.2. The van der Waals surface area contributed by atoms with Gasteiger partial charge in [0.25, 0.3) is 0 Å². The molecule has 2 N–H and O–H groups in total. The van der Waals surface area contributed by atoms with E-state index in [1.165, 1.54) is 12.1 Å². The average Bonchev–Trinajstić information content (AvgIpc) is 3.00. The lowest BCUT2D eigenvalue weighted by Gasteiger charge is -2.21. The van der Waals surface area contributed by atoms with Gasteiger partial charge in [0.15, 0.2) is 17.5 Å². The molecule has 130 valence electrons. The number of phenolic OH excluding ortho intramolecular Hbond substituents is 1. The van der Waals surface area contributed by atoms with E-state index >= 15 is 0 Å². The number of aromatic hydroxyl groups is 1. The van der Waals surface area contributed by atoms with Crippen molar-refractivity contribution in [2.24, 2.45) is 4.99 Å². The number of phenols is 1. The predicted molar refractivity (Wildman–Crippen MR) is 95.9 cm³/mol. The Labute approximate surface area is 145 Å². The van der Waals surface area contributed by atoms with E-state index in [-0.39, 0.29) is 5.75 Å². The Kier molecular flexibility index (Phi) is 4.88. The van der Waals surface area contributed by atoms with Gasteiger partial charge in [-0.05, 0) is 29.8 Å². The molecule has 0 amide bonds. The minimum atomic E-state index is -0.634. The summed E-state index contributed by atoms with van der Waals surface area (Å²) < 4.78 is 19.2. The molecule has 6 heteroatoms. The number of hydrogen-bond acceptors (Lipinski definition) is 3. The number of guanidine groups is 1. The van der Waals surface area contributed by atoms with Crippen molar-refractivity contribution >= 4 is 16.9 Å². The van der Waals surface area contributed by atoms with Gasteiger partial charge in [0, 0.05) is 26.0 Å². The van der Waals surface area contributed by atoms with Crippen LogP contribution >= 0.6 is 0 Å². The van der Waals surface area contributed by atoms with Crippen molar-refractivity contribution < 1.29 is 13.9 Å². The Morgan fingerprint density at radius 2 is 2.04 bits per heavy atom. The monoisotopic (exact) mass is 341 g/mol. The highest BCUT2D eigenvalue weighted by Crippen LogP contribution is 2.20. The normalized spacial score (nSPS) is 11.7. The standard InChI is InChI=1S/C19H20FN3O2/c1-21-19(22-11-13-7-8-17(24)16(20)9-13)23(2)12-15-10-14-5-3-4-6-18(14)25-15/h3-10,24H,11-12H2,1-2H3,(H,21,22). The number of rotatable bonds is 4. The number of fused-ring (bicyclic) bond motifs is 1. The number of benzene rings is 2. The van der Waals surface area contributed by atoms with Crippen LogP contribution in [0.3, 0.4) is 0 Å². The zero-order valence-electron chi connectivity index (χ0n) is 14.2. The Bertz CT molecular complexity index is 872. The van der Waals surface area contributed by atoms with Gasteiger partial charge in [-0.1, -0.05) is 24.3 Å². The second-order valence-corrected chi connectivity index (χ2v) is 5.79. The SMILES string of the molecule is CN=C(NCc1ccc(O)c(F)c1)N(C)Cc1cc2ccccc2o1. The highest BCUT2D eigenvalue weighted by Gasteiger charge is 2.11. The third-order valence-electron chi connectivity index (χ3n) is 3.91. The minimum absolute atomic E-state index is 0.352. The number of aliphatic imine (C=N–C) groups is 1. The van der Waals surface area contributed by atoms with E-state index in [2.05, 4.69) is 10.3 Å². The average molecular weight is 341 g/mol. The fourth-order valence-corrected chi connectivity index (χ4v) is 2.65. The summed E-state index contributed by atoms with van der Waals surface area (Å²) in [5, 5.41) is 13.5. The fourth-order valence-electron chi connectivity index (χ4n) is 2.65. The zero-order chi connectivity index (χ0) is 17.8. The van der Waals surface area contributed by atoms with Crippen molar-refractivity contribution in [3.8, 4) is 5.75 Å². The fraction of sp³-hybridized carbons (Fsp3) is 0.211. The molecule has 2 aromatic carbocycles. The van der Waals surface area contributed by atoms with Gasteiger partial charge in [-0.2, -0.15) is 0 Å². The molecule has 3 aromatic rings. The third-order valence-corrected chi connectivity index (χ3v) is 3.91. The van der Waals surface area contributed by atoms with Crippen LogP contribution < -0.4 is 5.32 Å². The van der Waals surface area contributed by atoms with E-state index in [9.17, 15) is 9.50 Å². The van der Waals surface area contributed by atoms with Gasteiger partial charge in [0.05, 0.1) is 6.54 Å². The first-order chi connectivity index (χ1) is 12.1. The lowest BCUT2D eigenvalue weighted by Crippen LogP contribution is -2.37. The number of nitrogens with one attached hydrogen (secondary N) is 1.